The molecule has 0 aliphatic carbocycles. The first-order chi connectivity index (χ1) is 13.9. The van der Waals surface area contributed by atoms with E-state index in [0.717, 1.165) is 10.5 Å². The first-order valence-electron chi connectivity index (χ1n) is 9.09. The minimum Gasteiger partial charge on any atom is -0.321 e. The molecular weight excluding hydrogens is 374 g/mol. The van der Waals surface area contributed by atoms with Crippen molar-refractivity contribution in [2.75, 3.05) is 5.32 Å². The molecule has 146 valence electrons. The number of fused-ring (bicyclic) bond motifs is 1. The molecule has 0 aromatic heterocycles. The van der Waals surface area contributed by atoms with E-state index in [9.17, 15) is 24.0 Å². The van der Waals surface area contributed by atoms with Crippen LogP contribution in [0.2, 0.25) is 0 Å². The average Bonchev–Trinajstić information content (AvgIpc) is 2.94. The largest absolute Gasteiger partial charge is 0.321 e. The summed E-state index contributed by atoms with van der Waals surface area (Å²) in [5, 5.41) is 4.84. The molecule has 29 heavy (non-hydrogen) atoms. The van der Waals surface area contributed by atoms with E-state index in [-0.39, 0.29) is 29.7 Å². The SMILES string of the molecule is Cc1cccc(C(=O)Nc2cccc3c2C(=O)N(C2CCC(=O)NC2=O)C3=O)c1. The van der Waals surface area contributed by atoms with Gasteiger partial charge in [0.2, 0.25) is 11.8 Å². The second kappa shape index (κ2) is 6.97. The molecule has 1 fully saturated rings. The molecule has 2 aliphatic rings. The van der Waals surface area contributed by atoms with Crippen LogP contribution >= 0.6 is 0 Å². The van der Waals surface area contributed by atoms with Crippen molar-refractivity contribution in [3.05, 3.63) is 64.7 Å². The Morgan fingerprint density at radius 2 is 1.83 bits per heavy atom. The number of nitrogens with one attached hydrogen (secondary N) is 2. The summed E-state index contributed by atoms with van der Waals surface area (Å²) in [5.74, 6) is -2.82. The second-order valence-corrected chi connectivity index (χ2v) is 7.00. The number of hydrogen-bond acceptors (Lipinski definition) is 5. The van der Waals surface area contributed by atoms with E-state index in [4.69, 9.17) is 0 Å². The zero-order valence-corrected chi connectivity index (χ0v) is 15.5. The topological polar surface area (TPSA) is 113 Å². The molecule has 2 N–H and O–H groups in total. The lowest BCUT2D eigenvalue weighted by Crippen LogP contribution is -2.54. The molecule has 2 aliphatic heterocycles. The van der Waals surface area contributed by atoms with Crippen LogP contribution < -0.4 is 10.6 Å². The van der Waals surface area contributed by atoms with E-state index in [1.54, 1.807) is 24.3 Å². The number of benzene rings is 2. The first kappa shape index (κ1) is 18.5. The van der Waals surface area contributed by atoms with E-state index < -0.39 is 35.6 Å². The standard InChI is InChI=1S/C21H17N3O5/c1-11-4-2-5-12(10-11)18(26)22-14-7-3-6-13-17(14)21(29)24(20(13)28)15-8-9-16(25)23-19(15)27/h2-7,10,15H,8-9H2,1H3,(H,22,26)(H,23,25,27). The molecule has 0 spiro atoms. The summed E-state index contributed by atoms with van der Waals surface area (Å²) >= 11 is 0. The number of nitrogens with zero attached hydrogens (tertiary/aromatic N) is 1. The van der Waals surface area contributed by atoms with E-state index in [1.165, 1.54) is 12.1 Å². The molecule has 2 heterocycles. The van der Waals surface area contributed by atoms with Crippen molar-refractivity contribution >= 4 is 35.2 Å². The number of aryl methyl sites for hydroxylation is 1. The van der Waals surface area contributed by atoms with Crippen LogP contribution in [0.5, 0.6) is 0 Å². The van der Waals surface area contributed by atoms with Gasteiger partial charge in [0.05, 0.1) is 16.8 Å². The lowest BCUT2D eigenvalue weighted by atomic mass is 10.0. The number of piperidine rings is 1. The van der Waals surface area contributed by atoms with Crippen molar-refractivity contribution in [2.24, 2.45) is 0 Å². The maximum atomic E-state index is 13.0. The minimum atomic E-state index is -1.06. The van der Waals surface area contributed by atoms with Crippen molar-refractivity contribution in [3.8, 4) is 0 Å². The summed E-state index contributed by atoms with van der Waals surface area (Å²) in [4.78, 5) is 62.8. The summed E-state index contributed by atoms with van der Waals surface area (Å²) in [6.07, 6.45) is 0.113. The molecule has 1 atom stereocenters. The highest BCUT2D eigenvalue weighted by Gasteiger charge is 2.45. The lowest BCUT2D eigenvalue weighted by Gasteiger charge is -2.27. The number of hydrogen-bond donors (Lipinski definition) is 2. The highest BCUT2D eigenvalue weighted by atomic mass is 16.2. The highest BCUT2D eigenvalue weighted by molar-refractivity contribution is 6.26. The van der Waals surface area contributed by atoms with E-state index >= 15 is 0 Å². The predicted octanol–water partition coefficient (Wildman–Crippen LogP) is 1.65. The van der Waals surface area contributed by atoms with E-state index in [2.05, 4.69) is 10.6 Å². The Morgan fingerprint density at radius 1 is 1.07 bits per heavy atom. The second-order valence-electron chi connectivity index (χ2n) is 7.00. The van der Waals surface area contributed by atoms with Gasteiger partial charge in [-0.05, 0) is 37.6 Å². The molecule has 8 nitrogen and oxygen atoms in total. The van der Waals surface area contributed by atoms with Gasteiger partial charge in [0.25, 0.3) is 17.7 Å². The minimum absolute atomic E-state index is 0.0424. The van der Waals surface area contributed by atoms with Gasteiger partial charge >= 0.3 is 0 Å². The molecule has 2 aromatic carbocycles. The Hall–Kier alpha value is -3.81. The summed E-state index contributed by atoms with van der Waals surface area (Å²) in [6.45, 7) is 1.86. The number of imide groups is 2. The fourth-order valence-corrected chi connectivity index (χ4v) is 3.60. The Morgan fingerprint density at radius 3 is 2.55 bits per heavy atom. The number of carbonyl (C=O) groups excluding carboxylic acids is 5. The highest BCUT2D eigenvalue weighted by Crippen LogP contribution is 2.32. The number of carbonyl (C=O) groups is 5. The van der Waals surface area contributed by atoms with Crippen LogP contribution in [0, 0.1) is 6.92 Å². The zero-order chi connectivity index (χ0) is 20.7. The Kier molecular flexibility index (Phi) is 4.46. The molecule has 4 rings (SSSR count). The van der Waals surface area contributed by atoms with Crippen LogP contribution in [0.25, 0.3) is 0 Å². The van der Waals surface area contributed by atoms with Crippen molar-refractivity contribution in [2.45, 2.75) is 25.8 Å². The molecule has 0 bridgehead atoms. The van der Waals surface area contributed by atoms with Gasteiger partial charge in [-0.3, -0.25) is 34.2 Å². The summed E-state index contributed by atoms with van der Waals surface area (Å²) in [7, 11) is 0. The summed E-state index contributed by atoms with van der Waals surface area (Å²) in [6, 6.07) is 10.5. The molecule has 1 unspecified atom stereocenters. The van der Waals surface area contributed by atoms with Crippen LogP contribution in [0.4, 0.5) is 5.69 Å². The van der Waals surface area contributed by atoms with Gasteiger partial charge in [0.1, 0.15) is 6.04 Å². The molecular formula is C21H17N3O5. The molecule has 2 aromatic rings. The molecule has 5 amide bonds. The number of anilines is 1. The molecule has 0 radical (unpaired) electrons. The third-order valence-electron chi connectivity index (χ3n) is 5.00. The normalized spacial score (nSPS) is 18.5. The third kappa shape index (κ3) is 3.18. The number of rotatable bonds is 3. The van der Waals surface area contributed by atoms with Crippen LogP contribution in [-0.2, 0) is 9.59 Å². The molecule has 8 heteroatoms. The van der Waals surface area contributed by atoms with Crippen LogP contribution in [0.15, 0.2) is 42.5 Å². The monoisotopic (exact) mass is 391 g/mol. The third-order valence-corrected chi connectivity index (χ3v) is 5.00. The van der Waals surface area contributed by atoms with Crippen molar-refractivity contribution in [3.63, 3.8) is 0 Å². The lowest BCUT2D eigenvalue weighted by molar-refractivity contribution is -0.136. The van der Waals surface area contributed by atoms with Gasteiger partial charge in [0, 0.05) is 12.0 Å². The summed E-state index contributed by atoms with van der Waals surface area (Å²) < 4.78 is 0. The maximum Gasteiger partial charge on any atom is 0.264 e. The van der Waals surface area contributed by atoms with Gasteiger partial charge in [-0.15, -0.1) is 0 Å². The predicted molar refractivity (Wildman–Crippen MR) is 102 cm³/mol. The molecule has 0 saturated carbocycles. The van der Waals surface area contributed by atoms with Crippen molar-refractivity contribution in [1.82, 2.24) is 10.2 Å². The Labute approximate surface area is 165 Å². The van der Waals surface area contributed by atoms with Gasteiger partial charge in [-0.25, -0.2) is 0 Å². The first-order valence-corrected chi connectivity index (χ1v) is 9.09. The zero-order valence-electron chi connectivity index (χ0n) is 15.5. The van der Waals surface area contributed by atoms with Gasteiger partial charge < -0.3 is 5.32 Å². The maximum absolute atomic E-state index is 13.0. The average molecular weight is 391 g/mol. The van der Waals surface area contributed by atoms with Gasteiger partial charge in [-0.2, -0.15) is 0 Å². The summed E-state index contributed by atoms with van der Waals surface area (Å²) in [5.41, 5.74) is 1.68. The fourth-order valence-electron chi connectivity index (χ4n) is 3.60. The Balaban J connectivity index is 1.65. The van der Waals surface area contributed by atoms with Crippen molar-refractivity contribution in [1.29, 1.82) is 0 Å². The van der Waals surface area contributed by atoms with E-state index in [1.807, 2.05) is 13.0 Å². The van der Waals surface area contributed by atoms with Crippen LogP contribution in [0.1, 0.15) is 49.5 Å². The van der Waals surface area contributed by atoms with Gasteiger partial charge in [-0.1, -0.05) is 23.8 Å². The smallest absolute Gasteiger partial charge is 0.264 e. The van der Waals surface area contributed by atoms with Gasteiger partial charge in [0.15, 0.2) is 0 Å². The fraction of sp³-hybridized carbons (Fsp3) is 0.190. The quantitative estimate of drug-likeness (QED) is 0.773. The van der Waals surface area contributed by atoms with Crippen LogP contribution in [0.3, 0.4) is 0 Å². The Bertz CT molecular complexity index is 1090. The van der Waals surface area contributed by atoms with E-state index in [0.29, 0.717) is 5.56 Å². The number of amides is 5. The molecule has 1 saturated heterocycles. The van der Waals surface area contributed by atoms with Crippen molar-refractivity contribution < 1.29 is 24.0 Å². The van der Waals surface area contributed by atoms with Crippen LogP contribution in [-0.4, -0.2) is 40.5 Å².